The van der Waals surface area contributed by atoms with E-state index in [1.54, 1.807) is 23.5 Å². The topological polar surface area (TPSA) is 59.1 Å². The molecule has 0 saturated heterocycles. The highest BCUT2D eigenvalue weighted by Gasteiger charge is 2.31. The van der Waals surface area contributed by atoms with Gasteiger partial charge in [-0.25, -0.2) is 9.37 Å². The Balaban J connectivity index is 2.37. The molecule has 1 aromatic heterocycles. The van der Waals surface area contributed by atoms with Crippen molar-refractivity contribution in [1.29, 1.82) is 0 Å². The lowest BCUT2D eigenvalue weighted by Gasteiger charge is -2.30. The lowest BCUT2D eigenvalue weighted by atomic mass is 9.77. The van der Waals surface area contributed by atoms with Gasteiger partial charge in [0, 0.05) is 23.8 Å². The van der Waals surface area contributed by atoms with Gasteiger partial charge in [0.1, 0.15) is 5.82 Å². The molecule has 2 aromatic rings. The van der Waals surface area contributed by atoms with Gasteiger partial charge in [-0.15, -0.1) is 11.3 Å². The molecule has 0 bridgehead atoms. The minimum atomic E-state index is -0.678. The summed E-state index contributed by atoms with van der Waals surface area (Å²) in [6, 6.07) is 6.25. The Bertz CT molecular complexity index is 552. The highest BCUT2D eigenvalue weighted by molar-refractivity contribution is 7.09. The fraction of sp³-hybridized carbons (Fsp3) is 0.357. The van der Waals surface area contributed by atoms with Crippen LogP contribution in [0.1, 0.15) is 16.3 Å². The Morgan fingerprint density at radius 1 is 1.47 bits per heavy atom. The molecule has 1 unspecified atom stereocenters. The van der Waals surface area contributed by atoms with Gasteiger partial charge in [0.15, 0.2) is 0 Å². The number of halogens is 1. The van der Waals surface area contributed by atoms with Gasteiger partial charge in [-0.3, -0.25) is 0 Å². The molecule has 0 radical (unpaired) electrons. The van der Waals surface area contributed by atoms with Crippen LogP contribution in [0.4, 0.5) is 4.39 Å². The van der Waals surface area contributed by atoms with Crippen molar-refractivity contribution in [2.75, 3.05) is 13.2 Å². The van der Waals surface area contributed by atoms with Crippen molar-refractivity contribution in [3.63, 3.8) is 0 Å². The summed E-state index contributed by atoms with van der Waals surface area (Å²) in [7, 11) is 0. The third kappa shape index (κ3) is 3.00. The summed E-state index contributed by atoms with van der Waals surface area (Å²) in [5.41, 5.74) is 6.76. The second-order valence-electron chi connectivity index (χ2n) is 4.69. The Morgan fingerprint density at radius 2 is 2.26 bits per heavy atom. The van der Waals surface area contributed by atoms with Gasteiger partial charge in [-0.2, -0.15) is 0 Å². The number of benzene rings is 1. The molecule has 0 fully saturated rings. The zero-order valence-corrected chi connectivity index (χ0v) is 11.6. The summed E-state index contributed by atoms with van der Waals surface area (Å²) < 4.78 is 13.4. The van der Waals surface area contributed by atoms with Crippen molar-refractivity contribution in [2.24, 2.45) is 5.73 Å². The number of rotatable bonds is 5. The number of aryl methyl sites for hydroxylation is 1. The van der Waals surface area contributed by atoms with Gasteiger partial charge in [0.25, 0.3) is 0 Å². The molecule has 5 heteroatoms. The van der Waals surface area contributed by atoms with Crippen LogP contribution in [-0.2, 0) is 11.8 Å². The van der Waals surface area contributed by atoms with E-state index >= 15 is 0 Å². The summed E-state index contributed by atoms with van der Waals surface area (Å²) in [6.45, 7) is 2.03. The lowest BCUT2D eigenvalue weighted by molar-refractivity contribution is 0.195. The van der Waals surface area contributed by atoms with Crippen LogP contribution >= 0.6 is 11.3 Å². The van der Waals surface area contributed by atoms with E-state index in [0.29, 0.717) is 12.0 Å². The molecule has 3 nitrogen and oxygen atoms in total. The summed E-state index contributed by atoms with van der Waals surface area (Å²) in [6.07, 6.45) is 0.508. The Labute approximate surface area is 115 Å². The van der Waals surface area contributed by atoms with Crippen molar-refractivity contribution in [1.82, 2.24) is 4.98 Å². The van der Waals surface area contributed by atoms with Crippen molar-refractivity contribution in [2.45, 2.75) is 18.8 Å². The van der Waals surface area contributed by atoms with Gasteiger partial charge < -0.3 is 10.8 Å². The SMILES string of the molecule is Cc1nc(CC(CN)(CO)c2cccc(F)c2)cs1. The summed E-state index contributed by atoms with van der Waals surface area (Å²) >= 11 is 1.56. The van der Waals surface area contributed by atoms with Crippen LogP contribution in [-0.4, -0.2) is 23.2 Å². The molecule has 0 aliphatic heterocycles. The van der Waals surface area contributed by atoms with Crippen molar-refractivity contribution in [3.8, 4) is 0 Å². The lowest BCUT2D eigenvalue weighted by Crippen LogP contribution is -2.41. The van der Waals surface area contributed by atoms with Crippen molar-refractivity contribution in [3.05, 3.63) is 51.7 Å². The molecule has 0 aliphatic carbocycles. The summed E-state index contributed by atoms with van der Waals surface area (Å²) in [5, 5.41) is 12.7. The third-order valence-corrected chi connectivity index (χ3v) is 4.14. The van der Waals surface area contributed by atoms with Gasteiger partial charge in [0.05, 0.1) is 17.3 Å². The van der Waals surface area contributed by atoms with E-state index in [2.05, 4.69) is 4.98 Å². The summed E-state index contributed by atoms with van der Waals surface area (Å²) in [5.74, 6) is -0.321. The van der Waals surface area contributed by atoms with E-state index in [9.17, 15) is 9.50 Å². The molecule has 3 N–H and O–H groups in total. The Hall–Kier alpha value is -1.30. The van der Waals surface area contributed by atoms with Gasteiger partial charge in [0.2, 0.25) is 0 Å². The normalized spacial score (nSPS) is 14.3. The van der Waals surface area contributed by atoms with Crippen LogP contribution in [0.5, 0.6) is 0 Å². The average molecular weight is 280 g/mol. The van der Waals surface area contributed by atoms with E-state index in [1.165, 1.54) is 12.1 Å². The Morgan fingerprint density at radius 3 is 2.79 bits per heavy atom. The largest absolute Gasteiger partial charge is 0.395 e. The summed E-state index contributed by atoms with van der Waals surface area (Å²) in [4.78, 5) is 4.40. The number of hydrogen-bond donors (Lipinski definition) is 2. The molecule has 1 aromatic carbocycles. The Kier molecular flexibility index (Phi) is 4.29. The van der Waals surface area contributed by atoms with Gasteiger partial charge in [-0.05, 0) is 24.6 Å². The van der Waals surface area contributed by atoms with Crippen LogP contribution in [0.3, 0.4) is 0 Å². The number of hydrogen-bond acceptors (Lipinski definition) is 4. The molecular weight excluding hydrogens is 263 g/mol. The molecule has 0 aliphatic rings. The number of nitrogens with two attached hydrogens (primary N) is 1. The highest BCUT2D eigenvalue weighted by Crippen LogP contribution is 2.28. The van der Waals surface area contributed by atoms with Gasteiger partial charge >= 0.3 is 0 Å². The maximum Gasteiger partial charge on any atom is 0.123 e. The molecule has 0 amide bonds. The number of thiazole rings is 1. The molecule has 102 valence electrons. The van der Waals surface area contributed by atoms with Crippen LogP contribution in [0, 0.1) is 12.7 Å². The smallest absolute Gasteiger partial charge is 0.123 e. The fourth-order valence-electron chi connectivity index (χ4n) is 2.16. The zero-order valence-electron chi connectivity index (χ0n) is 10.8. The quantitative estimate of drug-likeness (QED) is 0.881. The predicted octanol–water partition coefficient (Wildman–Crippen LogP) is 2.02. The van der Waals surface area contributed by atoms with E-state index in [-0.39, 0.29) is 19.0 Å². The second-order valence-corrected chi connectivity index (χ2v) is 5.75. The molecule has 2 rings (SSSR count). The van der Waals surface area contributed by atoms with Crippen LogP contribution in [0.2, 0.25) is 0 Å². The second kappa shape index (κ2) is 5.77. The predicted molar refractivity (Wildman–Crippen MR) is 74.8 cm³/mol. The zero-order chi connectivity index (χ0) is 13.9. The average Bonchev–Trinajstić information content (AvgIpc) is 2.81. The van der Waals surface area contributed by atoms with Crippen LogP contribution < -0.4 is 5.73 Å². The highest BCUT2D eigenvalue weighted by atomic mass is 32.1. The first-order chi connectivity index (χ1) is 9.09. The van der Waals surface area contributed by atoms with Crippen LogP contribution in [0.25, 0.3) is 0 Å². The maximum absolute atomic E-state index is 13.4. The minimum absolute atomic E-state index is 0.135. The molecular formula is C14H17FN2OS. The van der Waals surface area contributed by atoms with E-state index in [1.807, 2.05) is 12.3 Å². The van der Waals surface area contributed by atoms with E-state index < -0.39 is 5.41 Å². The standard InChI is InChI=1S/C14H17FN2OS/c1-10-17-13(7-19-10)6-14(8-16,9-18)11-3-2-4-12(15)5-11/h2-5,7,18H,6,8-9,16H2,1H3. The molecule has 0 saturated carbocycles. The number of aliphatic hydroxyl groups excluding tert-OH is 1. The van der Waals surface area contributed by atoms with Crippen LogP contribution in [0.15, 0.2) is 29.6 Å². The van der Waals surface area contributed by atoms with Crippen molar-refractivity contribution >= 4 is 11.3 Å². The maximum atomic E-state index is 13.4. The van der Waals surface area contributed by atoms with E-state index in [0.717, 1.165) is 10.7 Å². The van der Waals surface area contributed by atoms with E-state index in [4.69, 9.17) is 5.73 Å². The number of aliphatic hydroxyl groups is 1. The first-order valence-electron chi connectivity index (χ1n) is 6.07. The first-order valence-corrected chi connectivity index (χ1v) is 6.95. The number of aromatic nitrogens is 1. The molecule has 1 heterocycles. The molecule has 1 atom stereocenters. The van der Waals surface area contributed by atoms with Crippen molar-refractivity contribution < 1.29 is 9.50 Å². The monoisotopic (exact) mass is 280 g/mol. The number of nitrogens with zero attached hydrogens (tertiary/aromatic N) is 1. The fourth-order valence-corrected chi connectivity index (χ4v) is 2.77. The molecule has 19 heavy (non-hydrogen) atoms. The van der Waals surface area contributed by atoms with Gasteiger partial charge in [-0.1, -0.05) is 12.1 Å². The first kappa shape index (κ1) is 14.1. The molecule has 0 spiro atoms. The third-order valence-electron chi connectivity index (χ3n) is 3.32. The minimum Gasteiger partial charge on any atom is -0.395 e.